The minimum atomic E-state index is -0.0179. The highest BCUT2D eigenvalue weighted by Gasteiger charge is 2.38. The molecular weight excluding hydrogens is 254 g/mol. The van der Waals surface area contributed by atoms with Gasteiger partial charge >= 0.3 is 6.03 Å². The van der Waals surface area contributed by atoms with Gasteiger partial charge in [-0.3, -0.25) is 4.79 Å². The van der Waals surface area contributed by atoms with E-state index in [9.17, 15) is 9.59 Å². The molecule has 1 aliphatic heterocycles. The Hall–Kier alpha value is -1.26. The van der Waals surface area contributed by atoms with E-state index in [4.69, 9.17) is 0 Å². The fraction of sp³-hybridized carbons (Fsp3) is 0.867. The van der Waals surface area contributed by atoms with Crippen LogP contribution in [0.4, 0.5) is 4.79 Å². The number of nitrogens with one attached hydrogen (secondary N) is 2. The number of hydrogen-bond acceptors (Lipinski definition) is 2. The van der Waals surface area contributed by atoms with Gasteiger partial charge in [-0.15, -0.1) is 0 Å². The summed E-state index contributed by atoms with van der Waals surface area (Å²) in [6.45, 7) is 4.13. The molecule has 0 spiro atoms. The second kappa shape index (κ2) is 7.50. The molecule has 0 bridgehead atoms. The molecule has 5 heteroatoms. The van der Waals surface area contributed by atoms with E-state index in [2.05, 4.69) is 10.6 Å². The Morgan fingerprint density at radius 1 is 1.25 bits per heavy atom. The Morgan fingerprint density at radius 2 is 2.05 bits per heavy atom. The monoisotopic (exact) mass is 281 g/mol. The second-order valence-corrected chi connectivity index (χ2v) is 5.84. The maximum Gasteiger partial charge on any atom is 0.317 e. The van der Waals surface area contributed by atoms with Crippen molar-refractivity contribution in [2.24, 2.45) is 5.92 Å². The molecule has 3 amide bonds. The number of carbonyl (C=O) groups excluding carboxylic acids is 2. The minimum Gasteiger partial charge on any atom is -0.356 e. The topological polar surface area (TPSA) is 61.4 Å². The van der Waals surface area contributed by atoms with Crippen LogP contribution in [0.3, 0.4) is 0 Å². The van der Waals surface area contributed by atoms with Crippen LogP contribution in [0.2, 0.25) is 0 Å². The fourth-order valence-electron chi connectivity index (χ4n) is 3.39. The zero-order valence-electron chi connectivity index (χ0n) is 12.5. The number of rotatable bonds is 1. The van der Waals surface area contributed by atoms with Crippen molar-refractivity contribution in [1.29, 1.82) is 0 Å². The lowest BCUT2D eigenvalue weighted by Gasteiger charge is -2.32. The quantitative estimate of drug-likeness (QED) is 0.771. The van der Waals surface area contributed by atoms with Crippen molar-refractivity contribution in [3.05, 3.63) is 0 Å². The lowest BCUT2D eigenvalue weighted by molar-refractivity contribution is -0.126. The van der Waals surface area contributed by atoms with Crippen molar-refractivity contribution in [3.63, 3.8) is 0 Å². The van der Waals surface area contributed by atoms with E-state index in [0.29, 0.717) is 6.54 Å². The van der Waals surface area contributed by atoms with Crippen LogP contribution in [-0.2, 0) is 4.79 Å². The van der Waals surface area contributed by atoms with Crippen LogP contribution >= 0.6 is 0 Å². The number of urea groups is 1. The average Bonchev–Trinajstić information content (AvgIpc) is 2.89. The maximum absolute atomic E-state index is 12.3. The van der Waals surface area contributed by atoms with E-state index in [-0.39, 0.29) is 23.9 Å². The van der Waals surface area contributed by atoms with Gasteiger partial charge in [0.2, 0.25) is 5.91 Å². The van der Waals surface area contributed by atoms with Gasteiger partial charge in [-0.25, -0.2) is 4.79 Å². The molecule has 0 aromatic rings. The lowest BCUT2D eigenvalue weighted by Crippen LogP contribution is -2.50. The maximum atomic E-state index is 12.3. The highest BCUT2D eigenvalue weighted by Crippen LogP contribution is 2.31. The smallest absolute Gasteiger partial charge is 0.317 e. The molecule has 1 saturated carbocycles. The molecule has 0 aromatic heterocycles. The van der Waals surface area contributed by atoms with Gasteiger partial charge in [-0.05, 0) is 32.6 Å². The number of amides is 3. The van der Waals surface area contributed by atoms with E-state index in [1.165, 1.54) is 0 Å². The lowest BCUT2D eigenvalue weighted by atomic mass is 10.0. The first kappa shape index (κ1) is 15.1. The summed E-state index contributed by atoms with van der Waals surface area (Å²) in [4.78, 5) is 26.5. The SMILES string of the molecule is CCNC(=O)N1CCCCCCNC(=O)C2CCCC21. The number of hydrogen-bond donors (Lipinski definition) is 2. The van der Waals surface area contributed by atoms with Crippen molar-refractivity contribution in [2.75, 3.05) is 19.6 Å². The van der Waals surface area contributed by atoms with Crippen molar-refractivity contribution in [1.82, 2.24) is 15.5 Å². The molecule has 20 heavy (non-hydrogen) atoms. The van der Waals surface area contributed by atoms with Crippen molar-refractivity contribution < 1.29 is 9.59 Å². The molecule has 1 heterocycles. The molecule has 0 aromatic carbocycles. The normalized spacial score (nSPS) is 28.2. The first-order chi connectivity index (χ1) is 9.74. The molecule has 1 saturated heterocycles. The third kappa shape index (κ3) is 3.64. The average molecular weight is 281 g/mol. The molecule has 114 valence electrons. The molecule has 0 radical (unpaired) electrons. The standard InChI is InChI=1S/C15H27N3O2/c1-2-16-15(20)18-11-6-4-3-5-10-17-14(19)12-8-7-9-13(12)18/h12-13H,2-11H2,1H3,(H,16,20)(H,17,19). The van der Waals surface area contributed by atoms with Gasteiger partial charge < -0.3 is 15.5 Å². The predicted molar refractivity (Wildman–Crippen MR) is 78.4 cm³/mol. The Morgan fingerprint density at radius 3 is 2.85 bits per heavy atom. The zero-order chi connectivity index (χ0) is 14.4. The van der Waals surface area contributed by atoms with Crippen molar-refractivity contribution >= 4 is 11.9 Å². The van der Waals surface area contributed by atoms with E-state index >= 15 is 0 Å². The van der Waals surface area contributed by atoms with Crippen LogP contribution in [0.15, 0.2) is 0 Å². The van der Waals surface area contributed by atoms with Gasteiger partial charge in [0.25, 0.3) is 0 Å². The van der Waals surface area contributed by atoms with Crippen LogP contribution < -0.4 is 10.6 Å². The number of fused-ring (bicyclic) bond motifs is 1. The summed E-state index contributed by atoms with van der Waals surface area (Å²) in [5, 5.41) is 5.94. The summed E-state index contributed by atoms with van der Waals surface area (Å²) in [6.07, 6.45) is 7.24. The Labute approximate surface area is 121 Å². The summed E-state index contributed by atoms with van der Waals surface area (Å²) in [7, 11) is 0. The molecular formula is C15H27N3O2. The van der Waals surface area contributed by atoms with E-state index < -0.39 is 0 Å². The van der Waals surface area contributed by atoms with Crippen LogP contribution in [0.25, 0.3) is 0 Å². The highest BCUT2D eigenvalue weighted by molar-refractivity contribution is 5.81. The molecule has 2 N–H and O–H groups in total. The number of nitrogens with zero attached hydrogens (tertiary/aromatic N) is 1. The molecule has 2 unspecified atom stereocenters. The molecule has 5 nitrogen and oxygen atoms in total. The molecule has 1 aliphatic carbocycles. The Bertz CT molecular complexity index is 346. The predicted octanol–water partition coefficient (Wildman–Crippen LogP) is 1.88. The van der Waals surface area contributed by atoms with Crippen LogP contribution in [0.1, 0.15) is 51.9 Å². The first-order valence-electron chi connectivity index (χ1n) is 8.06. The van der Waals surface area contributed by atoms with Gasteiger partial charge in [-0.1, -0.05) is 19.3 Å². The van der Waals surface area contributed by atoms with Gasteiger partial charge in [0.1, 0.15) is 0 Å². The van der Waals surface area contributed by atoms with Gasteiger partial charge in [0.15, 0.2) is 0 Å². The summed E-state index contributed by atoms with van der Waals surface area (Å²) in [6, 6.07) is 0.0797. The summed E-state index contributed by atoms with van der Waals surface area (Å²) in [5.41, 5.74) is 0. The van der Waals surface area contributed by atoms with Crippen LogP contribution in [0.5, 0.6) is 0 Å². The van der Waals surface area contributed by atoms with Gasteiger partial charge in [0.05, 0.1) is 5.92 Å². The third-order valence-corrected chi connectivity index (χ3v) is 4.43. The Balaban J connectivity index is 2.12. The Kier molecular flexibility index (Phi) is 5.68. The summed E-state index contributed by atoms with van der Waals surface area (Å²) in [5.74, 6) is 0.124. The van der Waals surface area contributed by atoms with Crippen LogP contribution in [0, 0.1) is 5.92 Å². The van der Waals surface area contributed by atoms with Crippen molar-refractivity contribution in [3.8, 4) is 0 Å². The van der Waals surface area contributed by atoms with E-state index in [1.54, 1.807) is 0 Å². The zero-order valence-corrected chi connectivity index (χ0v) is 12.5. The number of carbonyl (C=O) groups is 2. The van der Waals surface area contributed by atoms with Gasteiger partial charge in [-0.2, -0.15) is 0 Å². The molecule has 2 fully saturated rings. The fourth-order valence-corrected chi connectivity index (χ4v) is 3.39. The first-order valence-corrected chi connectivity index (χ1v) is 8.06. The van der Waals surface area contributed by atoms with E-state index in [1.807, 2.05) is 11.8 Å². The van der Waals surface area contributed by atoms with Crippen molar-refractivity contribution in [2.45, 2.75) is 57.9 Å². The molecule has 2 rings (SSSR count). The summed E-state index contributed by atoms with van der Waals surface area (Å²) < 4.78 is 0. The minimum absolute atomic E-state index is 0.00329. The third-order valence-electron chi connectivity index (χ3n) is 4.43. The van der Waals surface area contributed by atoms with Gasteiger partial charge in [0, 0.05) is 25.7 Å². The van der Waals surface area contributed by atoms with E-state index in [0.717, 1.165) is 58.0 Å². The van der Waals surface area contributed by atoms with Crippen LogP contribution in [-0.4, -0.2) is 42.5 Å². The molecule has 2 atom stereocenters. The summed E-state index contributed by atoms with van der Waals surface area (Å²) >= 11 is 0. The second-order valence-electron chi connectivity index (χ2n) is 5.84. The largest absolute Gasteiger partial charge is 0.356 e. The molecule has 2 aliphatic rings. The highest BCUT2D eigenvalue weighted by atomic mass is 16.2.